The van der Waals surface area contributed by atoms with Gasteiger partial charge in [0.1, 0.15) is 17.5 Å². The van der Waals surface area contributed by atoms with Gasteiger partial charge in [0.25, 0.3) is 0 Å². The maximum Gasteiger partial charge on any atom is 0.139 e. The highest BCUT2D eigenvalue weighted by Gasteiger charge is 2.13. The molecule has 1 heterocycles. The molecule has 0 saturated heterocycles. The highest BCUT2D eigenvalue weighted by Crippen LogP contribution is 2.29. The standard InChI is InChI=1S/C20H30N4/c1-7-9-10-21-19-17(8-2)20(23-16(6)22-19)24-18-14(4)11-13(3)12-15(18)5/h11-12H,7-10H2,1-6H3,(H2,21,22,23,24). The smallest absolute Gasteiger partial charge is 0.139 e. The molecule has 0 spiro atoms. The van der Waals surface area contributed by atoms with Crippen molar-refractivity contribution in [3.63, 3.8) is 0 Å². The maximum absolute atomic E-state index is 4.67. The van der Waals surface area contributed by atoms with E-state index in [0.29, 0.717) is 0 Å². The number of hydrogen-bond acceptors (Lipinski definition) is 4. The molecule has 1 aromatic heterocycles. The number of rotatable bonds is 7. The molecule has 2 aromatic rings. The average molecular weight is 326 g/mol. The fourth-order valence-corrected chi connectivity index (χ4v) is 3.06. The third-order valence-corrected chi connectivity index (χ3v) is 4.22. The molecule has 0 radical (unpaired) electrons. The van der Waals surface area contributed by atoms with Crippen molar-refractivity contribution in [3.8, 4) is 0 Å². The van der Waals surface area contributed by atoms with Crippen molar-refractivity contribution >= 4 is 17.3 Å². The number of hydrogen-bond donors (Lipinski definition) is 2. The van der Waals surface area contributed by atoms with E-state index in [0.717, 1.165) is 48.1 Å². The molecular weight excluding hydrogens is 296 g/mol. The topological polar surface area (TPSA) is 49.8 Å². The highest BCUT2D eigenvalue weighted by molar-refractivity contribution is 5.70. The summed E-state index contributed by atoms with van der Waals surface area (Å²) in [6.07, 6.45) is 3.21. The van der Waals surface area contributed by atoms with Gasteiger partial charge in [-0.05, 0) is 51.7 Å². The molecule has 0 aliphatic rings. The van der Waals surface area contributed by atoms with Crippen LogP contribution in [0.3, 0.4) is 0 Å². The van der Waals surface area contributed by atoms with Crippen molar-refractivity contribution in [3.05, 3.63) is 40.2 Å². The Morgan fingerprint density at radius 1 is 0.917 bits per heavy atom. The van der Waals surface area contributed by atoms with Gasteiger partial charge in [-0.1, -0.05) is 38.0 Å². The van der Waals surface area contributed by atoms with Crippen molar-refractivity contribution in [2.45, 2.75) is 60.8 Å². The number of unbranched alkanes of at least 4 members (excludes halogenated alkanes) is 1. The van der Waals surface area contributed by atoms with E-state index in [1.54, 1.807) is 0 Å². The van der Waals surface area contributed by atoms with Gasteiger partial charge < -0.3 is 10.6 Å². The van der Waals surface area contributed by atoms with E-state index in [1.165, 1.54) is 23.1 Å². The molecule has 4 heteroatoms. The molecule has 0 aliphatic heterocycles. The quantitative estimate of drug-likeness (QED) is 0.684. The van der Waals surface area contributed by atoms with Gasteiger partial charge in [0.05, 0.1) is 0 Å². The molecule has 0 aliphatic carbocycles. The largest absolute Gasteiger partial charge is 0.370 e. The summed E-state index contributed by atoms with van der Waals surface area (Å²) in [4.78, 5) is 9.29. The Balaban J connectivity index is 2.39. The number of anilines is 3. The van der Waals surface area contributed by atoms with Crippen LogP contribution >= 0.6 is 0 Å². The lowest BCUT2D eigenvalue weighted by Gasteiger charge is -2.18. The molecule has 2 rings (SSSR count). The molecular formula is C20H30N4. The number of nitrogens with zero attached hydrogens (tertiary/aromatic N) is 2. The van der Waals surface area contributed by atoms with E-state index in [2.05, 4.69) is 67.4 Å². The second-order valence-electron chi connectivity index (χ2n) is 6.48. The molecule has 0 atom stereocenters. The summed E-state index contributed by atoms with van der Waals surface area (Å²) >= 11 is 0. The normalized spacial score (nSPS) is 10.8. The summed E-state index contributed by atoms with van der Waals surface area (Å²) < 4.78 is 0. The van der Waals surface area contributed by atoms with E-state index >= 15 is 0 Å². The van der Waals surface area contributed by atoms with Gasteiger partial charge >= 0.3 is 0 Å². The van der Waals surface area contributed by atoms with Crippen LogP contribution in [0.4, 0.5) is 17.3 Å². The Bertz CT molecular complexity index is 684. The van der Waals surface area contributed by atoms with Gasteiger partial charge in [0, 0.05) is 17.8 Å². The number of benzene rings is 1. The summed E-state index contributed by atoms with van der Waals surface area (Å²) in [6.45, 7) is 13.7. The maximum atomic E-state index is 4.67. The summed E-state index contributed by atoms with van der Waals surface area (Å²) in [6, 6.07) is 4.41. The first-order chi connectivity index (χ1) is 11.5. The van der Waals surface area contributed by atoms with Crippen molar-refractivity contribution in [1.82, 2.24) is 9.97 Å². The van der Waals surface area contributed by atoms with E-state index in [4.69, 9.17) is 0 Å². The van der Waals surface area contributed by atoms with Gasteiger partial charge in [-0.25, -0.2) is 9.97 Å². The Morgan fingerprint density at radius 3 is 2.12 bits per heavy atom. The van der Waals surface area contributed by atoms with E-state index in [9.17, 15) is 0 Å². The van der Waals surface area contributed by atoms with Gasteiger partial charge in [-0.15, -0.1) is 0 Å². The fraction of sp³-hybridized carbons (Fsp3) is 0.500. The van der Waals surface area contributed by atoms with Crippen LogP contribution in [0.25, 0.3) is 0 Å². The number of aromatic nitrogens is 2. The highest BCUT2D eigenvalue weighted by atomic mass is 15.1. The first-order valence-electron chi connectivity index (χ1n) is 8.92. The van der Waals surface area contributed by atoms with Crippen molar-refractivity contribution < 1.29 is 0 Å². The molecule has 0 fully saturated rings. The fourth-order valence-electron chi connectivity index (χ4n) is 3.06. The molecule has 1 aromatic carbocycles. The van der Waals surface area contributed by atoms with Crippen molar-refractivity contribution in [2.75, 3.05) is 17.2 Å². The Labute approximate surface area is 146 Å². The number of aryl methyl sites for hydroxylation is 4. The average Bonchev–Trinajstić information content (AvgIpc) is 2.51. The molecule has 0 saturated carbocycles. The summed E-state index contributed by atoms with van der Waals surface area (Å²) in [5.41, 5.74) is 6.06. The molecule has 4 nitrogen and oxygen atoms in total. The molecule has 24 heavy (non-hydrogen) atoms. The van der Waals surface area contributed by atoms with E-state index in [-0.39, 0.29) is 0 Å². The lowest BCUT2D eigenvalue weighted by atomic mass is 10.0. The van der Waals surface area contributed by atoms with Crippen LogP contribution in [-0.4, -0.2) is 16.5 Å². The van der Waals surface area contributed by atoms with Crippen molar-refractivity contribution in [1.29, 1.82) is 0 Å². The Hall–Kier alpha value is -2.10. The third-order valence-electron chi connectivity index (χ3n) is 4.22. The van der Waals surface area contributed by atoms with E-state index in [1.807, 2.05) is 6.92 Å². The minimum absolute atomic E-state index is 0.788. The van der Waals surface area contributed by atoms with Gasteiger partial charge in [0.15, 0.2) is 0 Å². The lowest BCUT2D eigenvalue weighted by molar-refractivity contribution is 0.826. The molecule has 0 amide bonds. The van der Waals surface area contributed by atoms with Crippen LogP contribution < -0.4 is 10.6 Å². The predicted octanol–water partition coefficient (Wildman–Crippen LogP) is 5.23. The first-order valence-corrected chi connectivity index (χ1v) is 8.92. The molecule has 0 bridgehead atoms. The zero-order valence-electron chi connectivity index (χ0n) is 15.9. The molecule has 0 unspecified atom stereocenters. The minimum Gasteiger partial charge on any atom is -0.370 e. The Morgan fingerprint density at radius 2 is 1.54 bits per heavy atom. The summed E-state index contributed by atoms with van der Waals surface area (Å²) in [5.74, 6) is 2.67. The first kappa shape index (κ1) is 18.2. The van der Waals surface area contributed by atoms with Crippen LogP contribution in [0.5, 0.6) is 0 Å². The molecule has 2 N–H and O–H groups in total. The van der Waals surface area contributed by atoms with Gasteiger partial charge in [0.2, 0.25) is 0 Å². The Kier molecular flexibility index (Phi) is 6.18. The predicted molar refractivity (Wildman–Crippen MR) is 103 cm³/mol. The number of nitrogens with one attached hydrogen (secondary N) is 2. The van der Waals surface area contributed by atoms with Gasteiger partial charge in [-0.2, -0.15) is 0 Å². The van der Waals surface area contributed by atoms with E-state index < -0.39 is 0 Å². The summed E-state index contributed by atoms with van der Waals surface area (Å²) in [7, 11) is 0. The minimum atomic E-state index is 0.788. The van der Waals surface area contributed by atoms with Crippen molar-refractivity contribution in [2.24, 2.45) is 0 Å². The second kappa shape index (κ2) is 8.13. The van der Waals surface area contributed by atoms with Crippen LogP contribution in [0, 0.1) is 27.7 Å². The third kappa shape index (κ3) is 4.25. The SMILES string of the molecule is CCCCNc1nc(C)nc(Nc2c(C)cc(C)cc2C)c1CC. The van der Waals surface area contributed by atoms with Crippen LogP contribution in [0.15, 0.2) is 12.1 Å². The molecule has 130 valence electrons. The van der Waals surface area contributed by atoms with Crippen LogP contribution in [0.2, 0.25) is 0 Å². The van der Waals surface area contributed by atoms with Crippen LogP contribution in [-0.2, 0) is 6.42 Å². The van der Waals surface area contributed by atoms with Crippen LogP contribution in [0.1, 0.15) is 54.8 Å². The second-order valence-corrected chi connectivity index (χ2v) is 6.48. The zero-order chi connectivity index (χ0) is 17.7. The lowest BCUT2D eigenvalue weighted by Crippen LogP contribution is -2.11. The monoisotopic (exact) mass is 326 g/mol. The summed E-state index contributed by atoms with van der Waals surface area (Å²) in [5, 5.41) is 7.05. The van der Waals surface area contributed by atoms with Gasteiger partial charge in [-0.3, -0.25) is 0 Å². The zero-order valence-corrected chi connectivity index (χ0v) is 15.9.